The van der Waals surface area contributed by atoms with Gasteiger partial charge in [0.1, 0.15) is 0 Å². The van der Waals surface area contributed by atoms with Crippen LogP contribution in [0, 0.1) is 61.3 Å². The standard InChI is InChI=1S/4NO3.6H2O.Os/c4*2-1(3)4;;;;;;;/h;;;;6*1H2;/q4*-1;;;;;;;+4. The zero-order chi connectivity index (χ0) is 14.3. The van der Waals surface area contributed by atoms with Gasteiger partial charge in [-0.1, -0.05) is 0 Å². The third kappa shape index (κ3) is 722. The predicted octanol–water partition coefficient (Wildman–Crippen LogP) is -5.91. The van der Waals surface area contributed by atoms with E-state index < -0.39 is 20.3 Å². The first-order valence-electron chi connectivity index (χ1n) is 2.19. The fourth-order valence-corrected chi connectivity index (χ4v) is 0. The molecule has 0 radical (unpaired) electrons. The van der Waals surface area contributed by atoms with Crippen LogP contribution in [0.2, 0.25) is 0 Å². The van der Waals surface area contributed by atoms with Crippen molar-refractivity contribution in [2.45, 2.75) is 0 Å². The minimum atomic E-state index is -1.75. The van der Waals surface area contributed by atoms with Crippen molar-refractivity contribution >= 4 is 0 Å². The number of nitrogens with zero attached hydrogens (tertiary/aromatic N) is 4. The van der Waals surface area contributed by atoms with Gasteiger partial charge in [-0.3, -0.25) is 0 Å². The molecule has 0 aliphatic rings. The van der Waals surface area contributed by atoms with Gasteiger partial charge in [0.2, 0.25) is 0 Å². The van der Waals surface area contributed by atoms with Gasteiger partial charge in [-0.2, -0.15) is 0 Å². The third-order valence-electron chi connectivity index (χ3n) is 0. The monoisotopic (exact) mass is 548 g/mol. The zero-order valence-electron chi connectivity index (χ0n) is 10.0. The van der Waals surface area contributed by atoms with Crippen molar-refractivity contribution in [1.82, 2.24) is 0 Å². The summed E-state index contributed by atoms with van der Waals surface area (Å²) in [6, 6.07) is 0. The molecule has 148 valence electrons. The Labute approximate surface area is 135 Å². The van der Waals surface area contributed by atoms with Gasteiger partial charge in [-0.05, 0) is 0 Å². The molecule has 0 saturated carbocycles. The van der Waals surface area contributed by atoms with E-state index >= 15 is 0 Å². The average Bonchev–Trinajstić information content (AvgIpc) is 1.76. The first-order chi connectivity index (χ1) is 6.93. The summed E-state index contributed by atoms with van der Waals surface area (Å²) in [6.45, 7) is 0. The van der Waals surface area contributed by atoms with E-state index in [9.17, 15) is 0 Å². The van der Waals surface area contributed by atoms with Gasteiger partial charge in [0.05, 0.1) is 20.3 Å². The van der Waals surface area contributed by atoms with E-state index in [0.29, 0.717) is 0 Å². The Hall–Kier alpha value is -2.80. The van der Waals surface area contributed by atoms with E-state index in [2.05, 4.69) is 0 Å². The summed E-state index contributed by atoms with van der Waals surface area (Å²) in [6.07, 6.45) is 0. The third-order valence-corrected chi connectivity index (χ3v) is 0. The van der Waals surface area contributed by atoms with Crippen molar-refractivity contribution in [2.24, 2.45) is 0 Å². The molecule has 0 aromatic carbocycles. The molecule has 0 aromatic heterocycles. The molecule has 0 atom stereocenters. The van der Waals surface area contributed by atoms with E-state index in [1.54, 1.807) is 0 Å². The van der Waals surface area contributed by atoms with E-state index in [1.165, 1.54) is 0 Å². The molecule has 22 nitrogen and oxygen atoms in total. The maximum absolute atomic E-state index is 8.25. The molecule has 12 N–H and O–H groups in total. The van der Waals surface area contributed by atoms with E-state index in [4.69, 9.17) is 61.3 Å². The molecule has 0 aromatic rings. The molecule has 23 heteroatoms. The SMILES string of the molecule is O.O.O.O.O.O.O=[N+]([O-])[O-].O=[N+]([O-])[O-].O=[N+]([O-])[O-].O=[N+]([O-])[O-].[Os+4]. The van der Waals surface area contributed by atoms with Crippen LogP contribution in [0.5, 0.6) is 0 Å². The van der Waals surface area contributed by atoms with Gasteiger partial charge >= 0.3 is 19.8 Å². The quantitative estimate of drug-likeness (QED) is 0.202. The van der Waals surface area contributed by atoms with Crippen LogP contribution in [0.15, 0.2) is 0 Å². The summed E-state index contributed by atoms with van der Waals surface area (Å²) in [7, 11) is 0. The summed E-state index contributed by atoms with van der Waals surface area (Å²) >= 11 is 0. The van der Waals surface area contributed by atoms with Gasteiger partial charge in [0, 0.05) is 0 Å². The van der Waals surface area contributed by atoms with Gasteiger partial charge in [0.15, 0.2) is 0 Å². The van der Waals surface area contributed by atoms with Gasteiger partial charge in [0.25, 0.3) is 0 Å². The summed E-state index contributed by atoms with van der Waals surface area (Å²) in [4.78, 5) is 33.0. The van der Waals surface area contributed by atoms with Crippen LogP contribution in [0.3, 0.4) is 0 Å². The Morgan fingerprint density at radius 2 is 0.348 bits per heavy atom. The Morgan fingerprint density at radius 3 is 0.348 bits per heavy atom. The first kappa shape index (κ1) is 88.0. The van der Waals surface area contributed by atoms with Crippen molar-refractivity contribution in [3.05, 3.63) is 61.3 Å². The van der Waals surface area contributed by atoms with E-state index in [1.807, 2.05) is 0 Å². The number of hydrogen-bond acceptors (Lipinski definition) is 12. The molecule has 0 amide bonds. The fourth-order valence-electron chi connectivity index (χ4n) is 0. The molecule has 0 aliphatic heterocycles. The van der Waals surface area contributed by atoms with Crippen LogP contribution in [0.4, 0.5) is 0 Å². The van der Waals surface area contributed by atoms with Gasteiger partial charge in [-0.25, -0.2) is 0 Å². The Balaban J connectivity index is -0.00000000842. The second-order valence-electron chi connectivity index (χ2n) is 0.894. The largest absolute Gasteiger partial charge is 4.00 e. The van der Waals surface area contributed by atoms with Crippen LogP contribution in [-0.4, -0.2) is 53.2 Å². The maximum Gasteiger partial charge on any atom is 4.00 e. The second kappa shape index (κ2) is 75.2. The molecular weight excluding hydrogens is 534 g/mol. The van der Waals surface area contributed by atoms with Crippen LogP contribution < -0.4 is 0 Å². The maximum atomic E-state index is 8.25. The number of hydrogen-bond donors (Lipinski definition) is 0. The molecule has 0 bridgehead atoms. The van der Waals surface area contributed by atoms with Crippen LogP contribution in [0.1, 0.15) is 0 Å². The van der Waals surface area contributed by atoms with Crippen LogP contribution in [0.25, 0.3) is 0 Å². The average molecular weight is 546 g/mol. The topological polar surface area (TPSA) is 454 Å². The van der Waals surface area contributed by atoms with Crippen molar-refractivity contribution < 1.29 is 73.0 Å². The summed E-state index contributed by atoms with van der Waals surface area (Å²) in [5.74, 6) is 0. The molecule has 0 unspecified atom stereocenters. The smallest absolute Gasteiger partial charge is 0.412 e. The molecular formula is H12N4O18Os. The molecule has 0 saturated heterocycles. The van der Waals surface area contributed by atoms with Crippen LogP contribution in [-0.2, 0) is 19.8 Å². The Kier molecular flexibility index (Phi) is 288. The summed E-state index contributed by atoms with van der Waals surface area (Å²) in [5, 5.41) is 59.0. The van der Waals surface area contributed by atoms with Crippen LogP contribution >= 0.6 is 0 Å². The molecule has 0 rings (SSSR count). The van der Waals surface area contributed by atoms with Gasteiger partial charge < -0.3 is 94.1 Å². The normalized spacial score (nSPS) is 4.17. The zero-order valence-corrected chi connectivity index (χ0v) is 12.6. The fraction of sp³-hybridized carbons (Fsp3) is 0. The molecule has 0 aliphatic carbocycles. The minimum absolute atomic E-state index is 0. The predicted molar refractivity (Wildman–Crippen MR) is 63.1 cm³/mol. The molecule has 0 spiro atoms. The van der Waals surface area contributed by atoms with Crippen molar-refractivity contribution in [3.63, 3.8) is 0 Å². The molecule has 0 fully saturated rings. The van der Waals surface area contributed by atoms with E-state index in [0.717, 1.165) is 0 Å². The number of rotatable bonds is 0. The van der Waals surface area contributed by atoms with Crippen molar-refractivity contribution in [3.8, 4) is 0 Å². The molecule has 23 heavy (non-hydrogen) atoms. The van der Waals surface area contributed by atoms with Crippen molar-refractivity contribution in [1.29, 1.82) is 0 Å². The Bertz CT molecular complexity index is 161. The summed E-state index contributed by atoms with van der Waals surface area (Å²) < 4.78 is 0. The molecule has 0 heterocycles. The Morgan fingerprint density at radius 1 is 0.348 bits per heavy atom. The minimum Gasteiger partial charge on any atom is -0.412 e. The first-order valence-corrected chi connectivity index (χ1v) is 2.19. The van der Waals surface area contributed by atoms with Crippen molar-refractivity contribution in [2.75, 3.05) is 0 Å². The van der Waals surface area contributed by atoms with E-state index in [-0.39, 0.29) is 52.6 Å². The second-order valence-corrected chi connectivity index (χ2v) is 0.894. The summed E-state index contributed by atoms with van der Waals surface area (Å²) in [5.41, 5.74) is 0. The van der Waals surface area contributed by atoms with Gasteiger partial charge in [-0.15, -0.1) is 0 Å².